The van der Waals surface area contributed by atoms with Gasteiger partial charge in [-0.1, -0.05) is 30.3 Å². The van der Waals surface area contributed by atoms with Gasteiger partial charge in [0.2, 0.25) is 0 Å². The molecule has 0 spiro atoms. The molecule has 7 heteroatoms. The summed E-state index contributed by atoms with van der Waals surface area (Å²) in [6.45, 7) is 0.588. The number of rotatable bonds is 6. The van der Waals surface area contributed by atoms with Crippen molar-refractivity contribution in [2.24, 2.45) is 0 Å². The maximum Gasteiger partial charge on any atom is 0.262 e. The number of nitrogens with one attached hydrogen (secondary N) is 1. The predicted molar refractivity (Wildman–Crippen MR) is 125 cm³/mol. The van der Waals surface area contributed by atoms with Crippen molar-refractivity contribution in [2.75, 3.05) is 11.9 Å². The van der Waals surface area contributed by atoms with Gasteiger partial charge in [-0.25, -0.2) is 0 Å². The highest BCUT2D eigenvalue weighted by atomic mass is 16.5. The third-order valence-electron chi connectivity index (χ3n) is 5.22. The van der Waals surface area contributed by atoms with Crippen LogP contribution in [0.5, 0.6) is 5.75 Å². The number of fused-ring (bicyclic) bond motifs is 1. The Bertz CT molecular complexity index is 1340. The zero-order chi connectivity index (χ0) is 22.6. The quantitative estimate of drug-likeness (QED) is 0.361. The molecule has 3 heterocycles. The Kier molecular flexibility index (Phi) is 5.51. The largest absolute Gasteiger partial charge is 0.482 e. The molecule has 2 aromatic carbocycles. The van der Waals surface area contributed by atoms with Crippen molar-refractivity contribution in [2.45, 2.75) is 6.54 Å². The first kappa shape index (κ1) is 20.4. The van der Waals surface area contributed by atoms with E-state index in [4.69, 9.17) is 9.84 Å². The van der Waals surface area contributed by atoms with Gasteiger partial charge in [-0.15, -0.1) is 0 Å². The summed E-state index contributed by atoms with van der Waals surface area (Å²) in [5, 5.41) is 7.47. The number of benzene rings is 2. The van der Waals surface area contributed by atoms with Crippen LogP contribution in [0.4, 0.5) is 5.69 Å². The Hall–Kier alpha value is -4.52. The fourth-order valence-corrected chi connectivity index (χ4v) is 3.64. The second-order valence-corrected chi connectivity index (χ2v) is 7.60. The summed E-state index contributed by atoms with van der Waals surface area (Å²) in [6, 6.07) is 18.8. The Morgan fingerprint density at radius 1 is 1.12 bits per heavy atom. The van der Waals surface area contributed by atoms with E-state index in [1.54, 1.807) is 36.7 Å². The minimum atomic E-state index is -0.241. The fourth-order valence-electron chi connectivity index (χ4n) is 3.64. The Morgan fingerprint density at radius 2 is 2.00 bits per heavy atom. The predicted octanol–water partition coefficient (Wildman–Crippen LogP) is 4.22. The number of carbonyl (C=O) groups is 2. The van der Waals surface area contributed by atoms with Gasteiger partial charge < -0.3 is 10.1 Å². The molecule has 0 saturated heterocycles. The minimum Gasteiger partial charge on any atom is -0.482 e. The molecule has 0 atom stereocenters. The first-order chi connectivity index (χ1) is 16.2. The average molecular weight is 436 g/mol. The lowest BCUT2D eigenvalue weighted by Gasteiger charge is -2.17. The van der Waals surface area contributed by atoms with Gasteiger partial charge in [0.1, 0.15) is 11.4 Å². The summed E-state index contributed by atoms with van der Waals surface area (Å²) in [5.41, 5.74) is 4.50. The molecule has 0 aliphatic carbocycles. The molecule has 1 amide bonds. The van der Waals surface area contributed by atoms with E-state index < -0.39 is 0 Å². The van der Waals surface area contributed by atoms with E-state index in [0.717, 1.165) is 22.4 Å². The third-order valence-corrected chi connectivity index (χ3v) is 5.22. The van der Waals surface area contributed by atoms with Gasteiger partial charge in [-0.3, -0.25) is 19.3 Å². The second-order valence-electron chi connectivity index (χ2n) is 7.60. The molecule has 1 aliphatic rings. The monoisotopic (exact) mass is 436 g/mol. The summed E-state index contributed by atoms with van der Waals surface area (Å²) in [4.78, 5) is 28.6. The Labute approximate surface area is 190 Å². The summed E-state index contributed by atoms with van der Waals surface area (Å²) >= 11 is 0. The van der Waals surface area contributed by atoms with Crippen LogP contribution in [0, 0.1) is 0 Å². The molecule has 0 radical (unpaired) electrons. The molecule has 5 rings (SSSR count). The number of allylic oxidation sites excluding steroid dienone is 1. The van der Waals surface area contributed by atoms with E-state index in [0.29, 0.717) is 23.5 Å². The number of ketones is 1. The number of hydrogen-bond donors (Lipinski definition) is 1. The molecule has 1 aliphatic heterocycles. The van der Waals surface area contributed by atoms with E-state index in [1.807, 2.05) is 53.3 Å². The lowest BCUT2D eigenvalue weighted by atomic mass is 10.1. The van der Waals surface area contributed by atoms with Gasteiger partial charge in [0.05, 0.1) is 12.2 Å². The SMILES string of the molecule is O=C1COc2ccc(C(=O)/C=C/c3cn(Cc4ccccc4)nc3-c3cccnc3)cc2N1. The molecule has 1 N–H and O–H groups in total. The number of nitrogens with zero attached hydrogens (tertiary/aromatic N) is 3. The van der Waals surface area contributed by atoms with Crippen molar-refractivity contribution in [1.29, 1.82) is 0 Å². The number of aromatic nitrogens is 3. The van der Waals surface area contributed by atoms with Crippen LogP contribution >= 0.6 is 0 Å². The highest BCUT2D eigenvalue weighted by Gasteiger charge is 2.17. The van der Waals surface area contributed by atoms with Gasteiger partial charge in [0.25, 0.3) is 5.91 Å². The number of amides is 1. The molecule has 7 nitrogen and oxygen atoms in total. The van der Waals surface area contributed by atoms with E-state index >= 15 is 0 Å². The molecule has 0 saturated carbocycles. The fraction of sp³-hybridized carbons (Fsp3) is 0.0769. The van der Waals surface area contributed by atoms with Gasteiger partial charge in [0.15, 0.2) is 12.4 Å². The van der Waals surface area contributed by atoms with E-state index in [2.05, 4.69) is 10.3 Å². The lowest BCUT2D eigenvalue weighted by Crippen LogP contribution is -2.25. The first-order valence-electron chi connectivity index (χ1n) is 10.5. The molecule has 33 heavy (non-hydrogen) atoms. The second kappa shape index (κ2) is 8.92. The van der Waals surface area contributed by atoms with Crippen molar-refractivity contribution in [1.82, 2.24) is 14.8 Å². The van der Waals surface area contributed by atoms with E-state index in [1.165, 1.54) is 6.08 Å². The Morgan fingerprint density at radius 3 is 2.82 bits per heavy atom. The summed E-state index contributed by atoms with van der Waals surface area (Å²) in [6.07, 6.45) is 8.65. The van der Waals surface area contributed by atoms with Crippen LogP contribution in [0.3, 0.4) is 0 Å². The van der Waals surface area contributed by atoms with Crippen LogP contribution in [0.2, 0.25) is 0 Å². The molecular weight excluding hydrogens is 416 g/mol. The zero-order valence-corrected chi connectivity index (χ0v) is 17.6. The van der Waals surface area contributed by atoms with Crippen LogP contribution in [0.1, 0.15) is 21.5 Å². The number of carbonyl (C=O) groups excluding carboxylic acids is 2. The topological polar surface area (TPSA) is 86.1 Å². The molecule has 162 valence electrons. The van der Waals surface area contributed by atoms with Crippen molar-refractivity contribution in [3.63, 3.8) is 0 Å². The van der Waals surface area contributed by atoms with Crippen molar-refractivity contribution in [3.8, 4) is 17.0 Å². The highest BCUT2D eigenvalue weighted by Crippen LogP contribution is 2.29. The Balaban J connectivity index is 1.43. The van der Waals surface area contributed by atoms with Crippen molar-refractivity contribution in [3.05, 3.63) is 102 Å². The molecular formula is C26H20N4O3. The number of ether oxygens (including phenoxy) is 1. The van der Waals surface area contributed by atoms with Crippen LogP contribution in [0.15, 0.2) is 85.3 Å². The molecule has 2 aromatic heterocycles. The number of anilines is 1. The highest BCUT2D eigenvalue weighted by molar-refractivity contribution is 6.08. The maximum absolute atomic E-state index is 12.9. The third kappa shape index (κ3) is 4.57. The minimum absolute atomic E-state index is 0.0235. The standard InChI is InChI=1S/C26H20N4O3/c31-23(19-9-11-24-22(13-19)28-25(32)17-33-24)10-8-21-16-30(15-18-5-2-1-3-6-18)29-26(21)20-7-4-12-27-14-20/h1-14,16H,15,17H2,(H,28,32)/b10-8+. The average Bonchev–Trinajstić information content (AvgIpc) is 3.25. The molecule has 4 aromatic rings. The maximum atomic E-state index is 12.9. The van der Waals surface area contributed by atoms with Crippen LogP contribution < -0.4 is 10.1 Å². The zero-order valence-electron chi connectivity index (χ0n) is 17.6. The van der Waals surface area contributed by atoms with Gasteiger partial charge >= 0.3 is 0 Å². The lowest BCUT2D eigenvalue weighted by molar-refractivity contribution is -0.118. The summed E-state index contributed by atoms with van der Waals surface area (Å²) in [5.74, 6) is 0.122. The normalized spacial score (nSPS) is 12.8. The molecule has 0 fully saturated rings. The van der Waals surface area contributed by atoms with Crippen LogP contribution in [-0.4, -0.2) is 33.1 Å². The van der Waals surface area contributed by atoms with Gasteiger partial charge in [-0.2, -0.15) is 5.10 Å². The van der Waals surface area contributed by atoms with Crippen LogP contribution in [0.25, 0.3) is 17.3 Å². The number of pyridine rings is 1. The first-order valence-corrected chi connectivity index (χ1v) is 10.5. The number of hydrogen-bond acceptors (Lipinski definition) is 5. The molecule has 0 bridgehead atoms. The molecule has 0 unspecified atom stereocenters. The summed E-state index contributed by atoms with van der Waals surface area (Å²) in [7, 11) is 0. The van der Waals surface area contributed by atoms with E-state index in [9.17, 15) is 9.59 Å². The smallest absolute Gasteiger partial charge is 0.262 e. The van der Waals surface area contributed by atoms with Crippen molar-refractivity contribution >= 4 is 23.5 Å². The van der Waals surface area contributed by atoms with Gasteiger partial charge in [-0.05, 0) is 48.0 Å². The van der Waals surface area contributed by atoms with E-state index in [-0.39, 0.29) is 18.3 Å². The van der Waals surface area contributed by atoms with Crippen molar-refractivity contribution < 1.29 is 14.3 Å². The van der Waals surface area contributed by atoms with Crippen LogP contribution in [-0.2, 0) is 11.3 Å². The summed E-state index contributed by atoms with van der Waals surface area (Å²) < 4.78 is 7.21. The van der Waals surface area contributed by atoms with Gasteiger partial charge in [0, 0.05) is 35.3 Å².